The molecule has 0 heterocycles. The van der Waals surface area contributed by atoms with Crippen molar-refractivity contribution in [3.63, 3.8) is 0 Å². The van der Waals surface area contributed by atoms with E-state index in [-0.39, 0.29) is 18.9 Å². The monoisotopic (exact) mass is 341 g/mol. The van der Waals surface area contributed by atoms with Crippen molar-refractivity contribution >= 4 is 11.9 Å². The van der Waals surface area contributed by atoms with Gasteiger partial charge in [-0.05, 0) is 39.2 Å². The van der Waals surface area contributed by atoms with Crippen molar-refractivity contribution in [1.82, 2.24) is 0 Å². The molecule has 1 aliphatic rings. The Morgan fingerprint density at radius 2 is 1.96 bits per heavy atom. The molecule has 132 valence electrons. The fourth-order valence-corrected chi connectivity index (χ4v) is 3.02. The first-order valence-corrected chi connectivity index (χ1v) is 8.39. The first-order chi connectivity index (χ1) is 11.9. The Morgan fingerprint density at radius 1 is 1.28 bits per heavy atom. The van der Waals surface area contributed by atoms with E-state index in [1.165, 1.54) is 13.8 Å². The van der Waals surface area contributed by atoms with E-state index in [0.717, 1.165) is 5.56 Å². The summed E-state index contributed by atoms with van der Waals surface area (Å²) in [6.45, 7) is 4.83. The van der Waals surface area contributed by atoms with Crippen LogP contribution in [0.3, 0.4) is 0 Å². The summed E-state index contributed by atoms with van der Waals surface area (Å²) in [5.41, 5.74) is -1.90. The topological polar surface area (TPSA) is 76.4 Å². The zero-order valence-corrected chi connectivity index (χ0v) is 14.8. The normalized spacial score (nSPS) is 22.7. The largest absolute Gasteiger partial charge is 0.463 e. The average molecular weight is 341 g/mol. The minimum absolute atomic E-state index is 0.193. The average Bonchev–Trinajstić information content (AvgIpc) is 2.62. The summed E-state index contributed by atoms with van der Waals surface area (Å²) in [6, 6.07) is 11.6. The SMILES string of the molecule is CCOC(=O)C(C)(C)OC(=O)[C@@]1(C#N)CC=CC[C@@H]1c1ccccc1. The molecule has 0 unspecified atom stereocenters. The van der Waals surface area contributed by atoms with Gasteiger partial charge < -0.3 is 9.47 Å². The predicted molar refractivity (Wildman–Crippen MR) is 92.4 cm³/mol. The number of hydrogen-bond donors (Lipinski definition) is 0. The summed E-state index contributed by atoms with van der Waals surface area (Å²) < 4.78 is 10.4. The molecular formula is C20H23NO4. The third kappa shape index (κ3) is 3.74. The molecular weight excluding hydrogens is 318 g/mol. The molecule has 1 aromatic carbocycles. The van der Waals surface area contributed by atoms with Crippen LogP contribution in [-0.2, 0) is 19.1 Å². The second kappa shape index (κ2) is 7.52. The maximum Gasteiger partial charge on any atom is 0.349 e. The quantitative estimate of drug-likeness (QED) is 0.605. The van der Waals surface area contributed by atoms with Gasteiger partial charge in [-0.15, -0.1) is 0 Å². The number of rotatable bonds is 5. The molecule has 0 fully saturated rings. The summed E-state index contributed by atoms with van der Waals surface area (Å²) in [7, 11) is 0. The van der Waals surface area contributed by atoms with Gasteiger partial charge in [0, 0.05) is 5.92 Å². The highest BCUT2D eigenvalue weighted by atomic mass is 16.6. The van der Waals surface area contributed by atoms with Crippen LogP contribution in [0, 0.1) is 16.7 Å². The van der Waals surface area contributed by atoms with Gasteiger partial charge in [-0.3, -0.25) is 4.79 Å². The van der Waals surface area contributed by atoms with Gasteiger partial charge in [-0.25, -0.2) is 4.79 Å². The van der Waals surface area contributed by atoms with E-state index in [1.54, 1.807) is 6.92 Å². The second-order valence-corrected chi connectivity index (χ2v) is 6.58. The molecule has 0 aliphatic heterocycles. The molecule has 0 saturated carbocycles. The van der Waals surface area contributed by atoms with Gasteiger partial charge in [0.05, 0.1) is 12.7 Å². The van der Waals surface area contributed by atoms with Crippen LogP contribution in [0.4, 0.5) is 0 Å². The first kappa shape index (κ1) is 18.7. The maximum absolute atomic E-state index is 13.0. The lowest BCUT2D eigenvalue weighted by molar-refractivity contribution is -0.184. The number of benzene rings is 1. The summed E-state index contributed by atoms with van der Waals surface area (Å²) in [4.78, 5) is 25.0. The van der Waals surface area contributed by atoms with Crippen LogP contribution in [0.25, 0.3) is 0 Å². The fraction of sp³-hybridized carbons (Fsp3) is 0.450. The zero-order chi connectivity index (χ0) is 18.5. The maximum atomic E-state index is 13.0. The van der Waals surface area contributed by atoms with E-state index >= 15 is 0 Å². The summed E-state index contributed by atoms with van der Waals surface area (Å²) in [5, 5.41) is 9.88. The Bertz CT molecular complexity index is 702. The molecule has 0 aromatic heterocycles. The Balaban J connectivity index is 2.34. The number of nitriles is 1. The molecule has 25 heavy (non-hydrogen) atoms. The van der Waals surface area contributed by atoms with Crippen molar-refractivity contribution in [2.75, 3.05) is 6.61 Å². The number of nitrogens with zero attached hydrogens (tertiary/aromatic N) is 1. The first-order valence-electron chi connectivity index (χ1n) is 8.39. The predicted octanol–water partition coefficient (Wildman–Crippen LogP) is 3.52. The summed E-state index contributed by atoms with van der Waals surface area (Å²) in [5.74, 6) is -1.64. The third-order valence-electron chi connectivity index (χ3n) is 4.45. The molecule has 0 saturated heterocycles. The van der Waals surface area contributed by atoms with E-state index in [1.807, 2.05) is 42.5 Å². The van der Waals surface area contributed by atoms with Gasteiger partial charge in [0.1, 0.15) is 0 Å². The van der Waals surface area contributed by atoms with Crippen molar-refractivity contribution in [1.29, 1.82) is 5.26 Å². The van der Waals surface area contributed by atoms with Crippen LogP contribution in [-0.4, -0.2) is 24.1 Å². The van der Waals surface area contributed by atoms with Gasteiger partial charge in [-0.2, -0.15) is 5.26 Å². The summed E-state index contributed by atoms with van der Waals surface area (Å²) in [6.07, 6.45) is 4.60. The lowest BCUT2D eigenvalue weighted by Gasteiger charge is -2.36. The van der Waals surface area contributed by atoms with E-state index in [9.17, 15) is 14.9 Å². The highest BCUT2D eigenvalue weighted by Gasteiger charge is 2.51. The molecule has 5 heteroatoms. The molecule has 0 spiro atoms. The van der Waals surface area contributed by atoms with Crippen LogP contribution in [0.5, 0.6) is 0 Å². The zero-order valence-electron chi connectivity index (χ0n) is 14.8. The lowest BCUT2D eigenvalue weighted by atomic mass is 9.67. The van der Waals surface area contributed by atoms with Crippen LogP contribution < -0.4 is 0 Å². The highest BCUT2D eigenvalue weighted by Crippen LogP contribution is 2.46. The Hall–Kier alpha value is -2.61. The molecule has 1 aliphatic carbocycles. The van der Waals surface area contributed by atoms with Gasteiger partial charge in [0.2, 0.25) is 5.60 Å². The minimum Gasteiger partial charge on any atom is -0.463 e. The van der Waals surface area contributed by atoms with Gasteiger partial charge in [0.15, 0.2) is 5.41 Å². The number of allylic oxidation sites excluding steroid dienone is 2. The van der Waals surface area contributed by atoms with Crippen molar-refractivity contribution in [2.45, 2.75) is 45.1 Å². The molecule has 2 atom stereocenters. The lowest BCUT2D eigenvalue weighted by Crippen LogP contribution is -2.46. The number of esters is 2. The summed E-state index contributed by atoms with van der Waals surface area (Å²) >= 11 is 0. The second-order valence-electron chi connectivity index (χ2n) is 6.58. The molecule has 0 N–H and O–H groups in total. The Labute approximate surface area is 148 Å². The van der Waals surface area contributed by atoms with Gasteiger partial charge >= 0.3 is 11.9 Å². The van der Waals surface area contributed by atoms with Crippen LogP contribution in [0.15, 0.2) is 42.5 Å². The van der Waals surface area contributed by atoms with Crippen molar-refractivity contribution < 1.29 is 19.1 Å². The van der Waals surface area contributed by atoms with Gasteiger partial charge in [-0.1, -0.05) is 42.5 Å². The van der Waals surface area contributed by atoms with Crippen molar-refractivity contribution in [2.24, 2.45) is 5.41 Å². The molecule has 5 nitrogen and oxygen atoms in total. The van der Waals surface area contributed by atoms with Crippen LogP contribution in [0.2, 0.25) is 0 Å². The van der Waals surface area contributed by atoms with E-state index < -0.39 is 23.0 Å². The molecule has 2 rings (SSSR count). The van der Waals surface area contributed by atoms with E-state index in [4.69, 9.17) is 9.47 Å². The van der Waals surface area contributed by atoms with Crippen LogP contribution >= 0.6 is 0 Å². The smallest absolute Gasteiger partial charge is 0.349 e. The molecule has 0 bridgehead atoms. The van der Waals surface area contributed by atoms with E-state index in [0.29, 0.717) is 6.42 Å². The Kier molecular flexibility index (Phi) is 5.63. The number of carbonyl (C=O) groups is 2. The highest BCUT2D eigenvalue weighted by molar-refractivity contribution is 5.87. The van der Waals surface area contributed by atoms with E-state index in [2.05, 4.69) is 6.07 Å². The Morgan fingerprint density at radius 3 is 2.56 bits per heavy atom. The molecule has 1 aromatic rings. The van der Waals surface area contributed by atoms with Crippen molar-refractivity contribution in [3.05, 3.63) is 48.0 Å². The standard InChI is InChI=1S/C20H23NO4/c1-4-24-17(22)19(2,3)25-18(23)20(14-21)13-9-8-12-16(20)15-10-6-5-7-11-15/h5-11,16H,4,12-13H2,1-3H3/t16-,20-/m1/s1. The molecule has 0 amide bonds. The van der Waals surface area contributed by atoms with Gasteiger partial charge in [0.25, 0.3) is 0 Å². The number of ether oxygens (including phenoxy) is 2. The van der Waals surface area contributed by atoms with Crippen LogP contribution in [0.1, 0.15) is 45.1 Å². The van der Waals surface area contributed by atoms with Crippen molar-refractivity contribution in [3.8, 4) is 6.07 Å². The molecule has 0 radical (unpaired) electrons. The number of hydrogen-bond acceptors (Lipinski definition) is 5. The number of carbonyl (C=O) groups excluding carboxylic acids is 2. The minimum atomic E-state index is -1.45. The third-order valence-corrected chi connectivity index (χ3v) is 4.45. The fourth-order valence-electron chi connectivity index (χ4n) is 3.02.